The van der Waals surface area contributed by atoms with Crippen molar-refractivity contribution in [3.8, 4) is 10.4 Å². The van der Waals surface area contributed by atoms with E-state index in [9.17, 15) is 4.79 Å². The zero-order chi connectivity index (χ0) is 13.3. The Labute approximate surface area is 111 Å². The molecule has 1 aromatic carbocycles. The van der Waals surface area contributed by atoms with E-state index >= 15 is 0 Å². The number of aromatic nitrogens is 1. The molecule has 2 aromatic rings. The molecule has 0 amide bonds. The van der Waals surface area contributed by atoms with Gasteiger partial charge in [-0.1, -0.05) is 41.2 Å². The van der Waals surface area contributed by atoms with Gasteiger partial charge < -0.3 is 4.90 Å². The van der Waals surface area contributed by atoms with E-state index in [1.807, 2.05) is 44.1 Å². The minimum atomic E-state index is 0.0101. The lowest BCUT2D eigenvalue weighted by atomic mass is 10.1. The highest BCUT2D eigenvalue weighted by atomic mass is 32.1. The Hall–Kier alpha value is -1.68. The first-order valence-corrected chi connectivity index (χ1v) is 6.57. The number of nitrogens with zero attached hydrogens (tertiary/aromatic N) is 2. The molecule has 2 rings (SSSR count). The number of anilines is 1. The third kappa shape index (κ3) is 2.43. The van der Waals surface area contributed by atoms with Crippen molar-refractivity contribution < 1.29 is 4.79 Å². The van der Waals surface area contributed by atoms with Gasteiger partial charge in [-0.2, -0.15) is 0 Å². The van der Waals surface area contributed by atoms with E-state index in [1.165, 1.54) is 5.56 Å². The molecule has 0 N–H and O–H groups in total. The summed E-state index contributed by atoms with van der Waals surface area (Å²) >= 11 is 1.55. The normalized spacial score (nSPS) is 10.4. The van der Waals surface area contributed by atoms with E-state index < -0.39 is 0 Å². The Bertz CT molecular complexity index is 587. The summed E-state index contributed by atoms with van der Waals surface area (Å²) in [6.07, 6.45) is 0. The number of thiazole rings is 1. The van der Waals surface area contributed by atoms with Gasteiger partial charge >= 0.3 is 0 Å². The van der Waals surface area contributed by atoms with Crippen molar-refractivity contribution >= 4 is 22.3 Å². The van der Waals surface area contributed by atoms with E-state index in [4.69, 9.17) is 0 Å². The average molecular weight is 260 g/mol. The SMILES string of the molecule is CC(=O)c1nc(N(C)C)sc1-c1cccc(C)c1. The van der Waals surface area contributed by atoms with Gasteiger partial charge in [-0.15, -0.1) is 0 Å². The molecule has 0 aliphatic heterocycles. The number of Topliss-reactive ketones (excluding diaryl/α,β-unsaturated/α-hetero) is 1. The van der Waals surface area contributed by atoms with Crippen LogP contribution in [0.4, 0.5) is 5.13 Å². The van der Waals surface area contributed by atoms with Gasteiger partial charge in [0, 0.05) is 21.0 Å². The molecule has 0 atom stereocenters. The van der Waals surface area contributed by atoms with Crippen molar-refractivity contribution in [1.29, 1.82) is 0 Å². The van der Waals surface area contributed by atoms with Crippen LogP contribution in [0.3, 0.4) is 0 Å². The molecule has 0 saturated heterocycles. The van der Waals surface area contributed by atoms with Gasteiger partial charge in [0.2, 0.25) is 0 Å². The Morgan fingerprint density at radius 1 is 1.33 bits per heavy atom. The quantitative estimate of drug-likeness (QED) is 0.793. The second-order valence-corrected chi connectivity index (χ2v) is 5.47. The predicted molar refractivity (Wildman–Crippen MR) is 76.6 cm³/mol. The summed E-state index contributed by atoms with van der Waals surface area (Å²) in [6, 6.07) is 8.15. The summed E-state index contributed by atoms with van der Waals surface area (Å²) in [5, 5.41) is 0.858. The highest BCUT2D eigenvalue weighted by Crippen LogP contribution is 2.34. The molecule has 0 spiro atoms. The molecule has 0 unspecified atom stereocenters. The minimum absolute atomic E-state index is 0.0101. The Morgan fingerprint density at radius 3 is 2.61 bits per heavy atom. The number of hydrogen-bond acceptors (Lipinski definition) is 4. The Kier molecular flexibility index (Phi) is 3.48. The van der Waals surface area contributed by atoms with Crippen molar-refractivity contribution in [3.05, 3.63) is 35.5 Å². The van der Waals surface area contributed by atoms with Gasteiger partial charge in [0.1, 0.15) is 5.69 Å². The summed E-state index contributed by atoms with van der Waals surface area (Å²) < 4.78 is 0. The minimum Gasteiger partial charge on any atom is -0.354 e. The fraction of sp³-hybridized carbons (Fsp3) is 0.286. The molecule has 3 nitrogen and oxygen atoms in total. The fourth-order valence-corrected chi connectivity index (χ4v) is 2.75. The van der Waals surface area contributed by atoms with Crippen molar-refractivity contribution in [2.45, 2.75) is 13.8 Å². The first-order chi connectivity index (χ1) is 8.49. The van der Waals surface area contributed by atoms with E-state index in [-0.39, 0.29) is 5.78 Å². The average Bonchev–Trinajstić information content (AvgIpc) is 2.73. The van der Waals surface area contributed by atoms with Crippen LogP contribution in [0.5, 0.6) is 0 Å². The molecule has 0 aliphatic rings. The number of benzene rings is 1. The number of ketones is 1. The maximum Gasteiger partial charge on any atom is 0.186 e. The highest BCUT2D eigenvalue weighted by Gasteiger charge is 2.17. The third-order valence-corrected chi connectivity index (χ3v) is 3.88. The lowest BCUT2D eigenvalue weighted by Crippen LogP contribution is -2.08. The Morgan fingerprint density at radius 2 is 2.06 bits per heavy atom. The Balaban J connectivity index is 2.58. The first-order valence-electron chi connectivity index (χ1n) is 5.75. The molecular formula is C14H16N2OS. The smallest absolute Gasteiger partial charge is 0.186 e. The van der Waals surface area contributed by atoms with E-state index in [1.54, 1.807) is 18.3 Å². The van der Waals surface area contributed by atoms with Crippen LogP contribution in [0.2, 0.25) is 0 Å². The lowest BCUT2D eigenvalue weighted by molar-refractivity contribution is 0.101. The fourth-order valence-electron chi connectivity index (χ4n) is 1.72. The number of carbonyl (C=O) groups is 1. The van der Waals surface area contributed by atoms with Crippen LogP contribution in [0.15, 0.2) is 24.3 Å². The summed E-state index contributed by atoms with van der Waals surface area (Å²) in [5.41, 5.74) is 2.81. The van der Waals surface area contributed by atoms with Crippen molar-refractivity contribution in [2.75, 3.05) is 19.0 Å². The van der Waals surface area contributed by atoms with Crippen LogP contribution in [-0.2, 0) is 0 Å². The van der Waals surface area contributed by atoms with Crippen LogP contribution in [-0.4, -0.2) is 24.9 Å². The van der Waals surface area contributed by atoms with Gasteiger partial charge in [0.15, 0.2) is 10.9 Å². The summed E-state index contributed by atoms with van der Waals surface area (Å²) in [4.78, 5) is 19.0. The number of rotatable bonds is 3. The van der Waals surface area contributed by atoms with Crippen molar-refractivity contribution in [1.82, 2.24) is 4.98 Å². The second kappa shape index (κ2) is 4.90. The molecule has 94 valence electrons. The first kappa shape index (κ1) is 12.8. The van der Waals surface area contributed by atoms with Crippen LogP contribution in [0, 0.1) is 6.92 Å². The molecule has 1 aromatic heterocycles. The van der Waals surface area contributed by atoms with Crippen LogP contribution >= 0.6 is 11.3 Å². The molecule has 4 heteroatoms. The largest absolute Gasteiger partial charge is 0.354 e. The monoisotopic (exact) mass is 260 g/mol. The van der Waals surface area contributed by atoms with Crippen LogP contribution < -0.4 is 4.90 Å². The third-order valence-electron chi connectivity index (χ3n) is 2.61. The number of carbonyl (C=O) groups excluding carboxylic acids is 1. The number of hydrogen-bond donors (Lipinski definition) is 0. The molecule has 0 saturated carbocycles. The number of aryl methyl sites for hydroxylation is 1. The standard InChI is InChI=1S/C14H16N2OS/c1-9-6-5-7-11(8-9)13-12(10(2)17)15-14(18-13)16(3)4/h5-8H,1-4H3. The zero-order valence-electron chi connectivity index (χ0n) is 11.0. The topological polar surface area (TPSA) is 33.2 Å². The molecule has 1 heterocycles. The van der Waals surface area contributed by atoms with Crippen molar-refractivity contribution in [2.24, 2.45) is 0 Å². The van der Waals surface area contributed by atoms with Gasteiger partial charge in [-0.05, 0) is 12.5 Å². The second-order valence-electron chi connectivity index (χ2n) is 4.49. The summed E-state index contributed by atoms with van der Waals surface area (Å²) in [7, 11) is 3.87. The van der Waals surface area contributed by atoms with E-state index in [0.717, 1.165) is 15.6 Å². The van der Waals surface area contributed by atoms with Crippen LogP contribution in [0.1, 0.15) is 23.0 Å². The van der Waals surface area contributed by atoms with Gasteiger partial charge in [-0.25, -0.2) is 4.98 Å². The van der Waals surface area contributed by atoms with Gasteiger partial charge in [0.05, 0.1) is 4.88 Å². The molecule has 0 aliphatic carbocycles. The predicted octanol–water partition coefficient (Wildman–Crippen LogP) is 3.39. The maximum atomic E-state index is 11.7. The molecule has 0 bridgehead atoms. The summed E-state index contributed by atoms with van der Waals surface area (Å²) in [5.74, 6) is 0.0101. The molecule has 0 radical (unpaired) electrons. The van der Waals surface area contributed by atoms with E-state index in [2.05, 4.69) is 11.1 Å². The van der Waals surface area contributed by atoms with E-state index in [0.29, 0.717) is 5.69 Å². The van der Waals surface area contributed by atoms with Gasteiger partial charge in [0.25, 0.3) is 0 Å². The molecule has 18 heavy (non-hydrogen) atoms. The van der Waals surface area contributed by atoms with Crippen LogP contribution in [0.25, 0.3) is 10.4 Å². The lowest BCUT2D eigenvalue weighted by Gasteiger charge is -2.05. The maximum absolute atomic E-state index is 11.7. The molecular weight excluding hydrogens is 244 g/mol. The molecule has 0 fully saturated rings. The summed E-state index contributed by atoms with van der Waals surface area (Å²) in [6.45, 7) is 3.61. The highest BCUT2D eigenvalue weighted by molar-refractivity contribution is 7.19. The van der Waals surface area contributed by atoms with Gasteiger partial charge in [-0.3, -0.25) is 4.79 Å². The zero-order valence-corrected chi connectivity index (χ0v) is 11.8. The van der Waals surface area contributed by atoms with Crippen molar-refractivity contribution in [3.63, 3.8) is 0 Å².